The minimum Gasteiger partial charge on any atom is -0.492 e. The van der Waals surface area contributed by atoms with E-state index in [0.29, 0.717) is 32.5 Å². The molecule has 388 valence electrons. The van der Waals surface area contributed by atoms with Crippen LogP contribution in [0, 0.1) is 24.0 Å². The zero-order valence-electron chi connectivity index (χ0n) is 42.6. The number of aryl methyl sites for hydroxylation is 1. The number of alkyl halides is 1. The number of aliphatic hydroxyl groups is 1. The van der Waals surface area contributed by atoms with Gasteiger partial charge >= 0.3 is 0 Å². The number of nitrogens with zero attached hydrogens (tertiary/aromatic N) is 5. The van der Waals surface area contributed by atoms with Crippen molar-refractivity contribution in [3.05, 3.63) is 111 Å². The van der Waals surface area contributed by atoms with Crippen molar-refractivity contribution in [2.45, 2.75) is 110 Å². The Bertz CT molecular complexity index is 2580. The first-order valence-electron chi connectivity index (χ1n) is 25.2. The molecular formula is C55H70F3N7O6S. The fraction of sp³-hybridized carbons (Fsp3) is 0.527. The minimum absolute atomic E-state index is 0.0229. The van der Waals surface area contributed by atoms with E-state index in [1.54, 1.807) is 11.3 Å². The number of nitrogens with one attached hydrogen (secondary N) is 2. The summed E-state index contributed by atoms with van der Waals surface area (Å²) >= 11 is 1.57. The zero-order chi connectivity index (χ0) is 51.5. The van der Waals surface area contributed by atoms with Gasteiger partial charge in [0.1, 0.15) is 48.4 Å². The van der Waals surface area contributed by atoms with E-state index >= 15 is 13.2 Å². The number of fused-ring (bicyclic) bond motifs is 2. The molecule has 2 saturated heterocycles. The molecular weight excluding hydrogens is 944 g/mol. The normalized spacial score (nSPS) is 21.4. The molecule has 17 heteroatoms. The van der Waals surface area contributed by atoms with Crippen molar-refractivity contribution in [3.63, 3.8) is 0 Å². The van der Waals surface area contributed by atoms with Crippen LogP contribution in [0.2, 0.25) is 0 Å². The Labute approximate surface area is 425 Å². The summed E-state index contributed by atoms with van der Waals surface area (Å²) in [4.78, 5) is 53.9. The van der Waals surface area contributed by atoms with Gasteiger partial charge in [-0.3, -0.25) is 29.1 Å². The van der Waals surface area contributed by atoms with Gasteiger partial charge in [-0.1, -0.05) is 69.3 Å². The lowest BCUT2D eigenvalue weighted by atomic mass is 9.84. The Hall–Kier alpha value is -5.17. The van der Waals surface area contributed by atoms with Crippen molar-refractivity contribution in [3.8, 4) is 16.2 Å². The van der Waals surface area contributed by atoms with E-state index in [2.05, 4.69) is 37.6 Å². The van der Waals surface area contributed by atoms with Gasteiger partial charge in [-0.25, -0.2) is 18.2 Å². The van der Waals surface area contributed by atoms with Gasteiger partial charge < -0.3 is 30.1 Å². The SMILES string of the molecule is Cc1ncsc1-c1ccc(CNC(=O)[C@@H]2C[C@@H](O)CN2C(=O)C(NC(=O)COCCN2CCN(CCOc3cc(F)c([C@@H]4C5=C(C[C@@H](C)N4CC(C)(C)F)c4ccccc4C5)c(F)c3)CC2)C(C)(C)C)cc1. The molecule has 8 rings (SSSR count). The molecule has 4 heterocycles. The van der Waals surface area contributed by atoms with Crippen LogP contribution in [0.3, 0.4) is 0 Å². The second-order valence-electron chi connectivity index (χ2n) is 21.5. The van der Waals surface area contributed by atoms with E-state index < -0.39 is 58.8 Å². The molecule has 1 aromatic heterocycles. The lowest BCUT2D eigenvalue weighted by Gasteiger charge is -2.44. The molecule has 4 aromatic rings. The summed E-state index contributed by atoms with van der Waals surface area (Å²) in [5.74, 6) is -2.59. The van der Waals surface area contributed by atoms with Crippen LogP contribution in [0.15, 0.2) is 71.7 Å². The lowest BCUT2D eigenvalue weighted by Crippen LogP contribution is -2.58. The third-order valence-corrected chi connectivity index (χ3v) is 15.3. The highest BCUT2D eigenvalue weighted by molar-refractivity contribution is 7.13. The molecule has 0 bridgehead atoms. The number of ether oxygens (including phenoxy) is 2. The number of aliphatic hydroxyl groups excluding tert-OH is 1. The molecule has 3 aromatic carbocycles. The van der Waals surface area contributed by atoms with Crippen molar-refractivity contribution in [2.75, 3.05) is 72.2 Å². The molecule has 2 fully saturated rings. The first-order valence-corrected chi connectivity index (χ1v) is 26.1. The number of rotatable bonds is 18. The van der Waals surface area contributed by atoms with Crippen LogP contribution >= 0.6 is 11.3 Å². The number of β-amino-alcohol motifs (C(OH)–C–C–N with tert-alkyl or cyclic N) is 1. The lowest BCUT2D eigenvalue weighted by molar-refractivity contribution is -0.144. The number of amides is 3. The van der Waals surface area contributed by atoms with Crippen molar-refractivity contribution < 1.29 is 42.1 Å². The van der Waals surface area contributed by atoms with Gasteiger partial charge in [0.15, 0.2) is 0 Å². The number of hydrogen-bond donors (Lipinski definition) is 3. The molecule has 1 unspecified atom stereocenters. The number of piperazine rings is 1. The number of aromatic nitrogens is 1. The summed E-state index contributed by atoms with van der Waals surface area (Å²) in [6.45, 7) is 17.1. The highest BCUT2D eigenvalue weighted by Crippen LogP contribution is 2.50. The summed E-state index contributed by atoms with van der Waals surface area (Å²) in [6.07, 6.45) is 0.451. The number of carbonyl (C=O) groups is 3. The number of thiazole rings is 1. The summed E-state index contributed by atoms with van der Waals surface area (Å²) < 4.78 is 59.4. The molecule has 3 N–H and O–H groups in total. The fourth-order valence-corrected chi connectivity index (χ4v) is 11.4. The van der Waals surface area contributed by atoms with Crippen LogP contribution < -0.4 is 15.4 Å². The standard InChI is InChI=1S/C55H70F3N7O6S/c1-34-24-42-41-11-9-8-10-38(41)25-43(42)49(65(34)32-55(6,7)58)48-44(56)27-40(28-45(48)57)71-23-21-63-18-16-62(17-19-63)20-22-70-31-47(67)61-51(54(3,4)5)53(69)64-30-39(66)26-46(64)52(68)59-29-36-12-14-37(15-13-36)50-35(2)60-33-72-50/h8-15,27-28,33-34,39,46,49,51,66H,16-26,29-32H2,1-7H3,(H,59,68)(H,61,67)/t34-,39-,46+,49+,51?/m1/s1. The maximum atomic E-state index is 16.2. The van der Waals surface area contributed by atoms with E-state index in [9.17, 15) is 19.5 Å². The third-order valence-electron chi connectivity index (χ3n) is 14.4. The van der Waals surface area contributed by atoms with Gasteiger partial charge in [-0.2, -0.15) is 0 Å². The molecule has 0 radical (unpaired) electrons. The Morgan fingerprint density at radius 1 is 0.944 bits per heavy atom. The molecule has 13 nitrogen and oxygen atoms in total. The van der Waals surface area contributed by atoms with E-state index in [0.717, 1.165) is 70.2 Å². The number of hydrogen-bond acceptors (Lipinski definition) is 11. The second kappa shape index (κ2) is 22.5. The summed E-state index contributed by atoms with van der Waals surface area (Å²) in [6, 6.07) is 15.7. The first kappa shape index (κ1) is 53.1. The molecule has 5 atom stereocenters. The molecule has 72 heavy (non-hydrogen) atoms. The maximum Gasteiger partial charge on any atom is 0.246 e. The summed E-state index contributed by atoms with van der Waals surface area (Å²) in [5.41, 5.74) is 6.60. The van der Waals surface area contributed by atoms with Crippen LogP contribution in [-0.4, -0.2) is 149 Å². The molecule has 0 spiro atoms. The third kappa shape index (κ3) is 12.6. The quantitative estimate of drug-likeness (QED) is 0.0885. The predicted octanol–water partition coefficient (Wildman–Crippen LogP) is 7.11. The van der Waals surface area contributed by atoms with Crippen molar-refractivity contribution >= 4 is 34.6 Å². The van der Waals surface area contributed by atoms with Crippen molar-refractivity contribution in [1.29, 1.82) is 0 Å². The van der Waals surface area contributed by atoms with E-state index in [4.69, 9.17) is 9.47 Å². The average Bonchev–Trinajstić information content (AvgIpc) is 4.05. The summed E-state index contributed by atoms with van der Waals surface area (Å²) in [7, 11) is 0. The fourth-order valence-electron chi connectivity index (χ4n) is 10.6. The van der Waals surface area contributed by atoms with Crippen LogP contribution in [-0.2, 0) is 32.1 Å². The van der Waals surface area contributed by atoms with E-state index in [-0.39, 0.29) is 62.5 Å². The zero-order valence-corrected chi connectivity index (χ0v) is 43.4. The van der Waals surface area contributed by atoms with Crippen LogP contribution in [0.4, 0.5) is 13.2 Å². The second-order valence-corrected chi connectivity index (χ2v) is 22.4. The van der Waals surface area contributed by atoms with E-state index in [1.165, 1.54) is 30.9 Å². The number of carbonyl (C=O) groups excluding carboxylic acids is 3. The van der Waals surface area contributed by atoms with Gasteiger partial charge in [0, 0.05) is 89.1 Å². The van der Waals surface area contributed by atoms with Gasteiger partial charge in [0.05, 0.1) is 34.8 Å². The monoisotopic (exact) mass is 1010 g/mol. The molecule has 3 amide bonds. The van der Waals surface area contributed by atoms with Gasteiger partial charge in [0.25, 0.3) is 0 Å². The molecule has 3 aliphatic heterocycles. The number of likely N-dealkylation sites (tertiary alicyclic amines) is 1. The Kier molecular flexibility index (Phi) is 16.6. The smallest absolute Gasteiger partial charge is 0.246 e. The number of halogens is 3. The highest BCUT2D eigenvalue weighted by Gasteiger charge is 2.45. The van der Waals surface area contributed by atoms with Crippen molar-refractivity contribution in [1.82, 2.24) is 35.2 Å². The van der Waals surface area contributed by atoms with Crippen LogP contribution in [0.5, 0.6) is 5.75 Å². The van der Waals surface area contributed by atoms with Gasteiger partial charge in [-0.15, -0.1) is 11.3 Å². The summed E-state index contributed by atoms with van der Waals surface area (Å²) in [5, 5.41) is 16.4. The molecule has 1 aliphatic carbocycles. The van der Waals surface area contributed by atoms with Crippen LogP contribution in [0.25, 0.3) is 16.0 Å². The topological polar surface area (TPSA) is 140 Å². The van der Waals surface area contributed by atoms with Gasteiger partial charge in [0.2, 0.25) is 17.7 Å². The van der Waals surface area contributed by atoms with Crippen LogP contribution in [0.1, 0.15) is 88.4 Å². The molecule has 4 aliphatic rings. The van der Waals surface area contributed by atoms with Gasteiger partial charge in [-0.05, 0) is 79.4 Å². The van der Waals surface area contributed by atoms with Crippen molar-refractivity contribution in [2.24, 2.45) is 5.41 Å². The maximum absolute atomic E-state index is 16.2. The highest BCUT2D eigenvalue weighted by atomic mass is 32.1. The molecule has 0 saturated carbocycles. The largest absolute Gasteiger partial charge is 0.492 e. The average molecular weight is 1010 g/mol. The first-order chi connectivity index (χ1) is 34.2. The predicted molar refractivity (Wildman–Crippen MR) is 273 cm³/mol. The van der Waals surface area contributed by atoms with E-state index in [1.807, 2.05) is 81.4 Å². The minimum atomic E-state index is -1.57. The Balaban J connectivity index is 0.764. The Morgan fingerprint density at radius 3 is 2.25 bits per heavy atom. The Morgan fingerprint density at radius 2 is 1.61 bits per heavy atom. The number of benzene rings is 3.